The van der Waals surface area contributed by atoms with Gasteiger partial charge in [0.2, 0.25) is 0 Å². The van der Waals surface area contributed by atoms with Crippen molar-refractivity contribution in [3.05, 3.63) is 70.9 Å². The molecule has 0 aliphatic rings. The summed E-state index contributed by atoms with van der Waals surface area (Å²) >= 11 is 6.19. The SMILES string of the molecule is COc1cccc(-c2cnc(N)c(C(=O)Nc3c(C)cccc3Cl)c2)c1. The van der Waals surface area contributed by atoms with Gasteiger partial charge in [-0.05, 0) is 42.3 Å². The van der Waals surface area contributed by atoms with E-state index in [1.54, 1.807) is 25.4 Å². The van der Waals surface area contributed by atoms with Gasteiger partial charge in [0.25, 0.3) is 5.91 Å². The van der Waals surface area contributed by atoms with Crippen LogP contribution in [0.3, 0.4) is 0 Å². The number of aryl methyl sites for hydroxylation is 1. The van der Waals surface area contributed by atoms with Gasteiger partial charge in [0.05, 0.1) is 23.4 Å². The molecule has 0 aliphatic carbocycles. The van der Waals surface area contributed by atoms with Crippen LogP contribution < -0.4 is 15.8 Å². The average Bonchev–Trinajstić information content (AvgIpc) is 2.65. The molecule has 1 amide bonds. The van der Waals surface area contributed by atoms with Crippen LogP contribution in [-0.4, -0.2) is 18.0 Å². The number of carbonyl (C=O) groups excluding carboxylic acids is 1. The molecule has 0 saturated heterocycles. The number of anilines is 2. The molecule has 2 aromatic carbocycles. The Bertz CT molecular complexity index is 953. The van der Waals surface area contributed by atoms with Crippen molar-refractivity contribution in [3.63, 3.8) is 0 Å². The first kappa shape index (κ1) is 17.8. The van der Waals surface area contributed by atoms with Gasteiger partial charge in [0, 0.05) is 11.8 Å². The maximum Gasteiger partial charge on any atom is 0.259 e. The first-order valence-corrected chi connectivity index (χ1v) is 8.34. The van der Waals surface area contributed by atoms with Gasteiger partial charge in [0.15, 0.2) is 0 Å². The highest BCUT2D eigenvalue weighted by Crippen LogP contribution is 2.28. The van der Waals surface area contributed by atoms with Crippen LogP contribution in [0, 0.1) is 6.92 Å². The minimum atomic E-state index is -0.365. The fourth-order valence-electron chi connectivity index (χ4n) is 2.59. The van der Waals surface area contributed by atoms with Crippen molar-refractivity contribution >= 4 is 29.0 Å². The summed E-state index contributed by atoms with van der Waals surface area (Å²) in [5, 5.41) is 3.29. The summed E-state index contributed by atoms with van der Waals surface area (Å²) in [6.45, 7) is 1.87. The molecule has 0 spiro atoms. The standard InChI is InChI=1S/C20H18ClN3O2/c1-12-5-3-8-17(21)18(12)24-20(25)16-10-14(11-23-19(16)22)13-6-4-7-15(9-13)26-2/h3-11H,1-2H3,(H2,22,23)(H,24,25). The Kier molecular flexibility index (Phi) is 5.09. The summed E-state index contributed by atoms with van der Waals surface area (Å²) in [5.41, 5.74) is 9.27. The van der Waals surface area contributed by atoms with Gasteiger partial charge in [-0.2, -0.15) is 0 Å². The summed E-state index contributed by atoms with van der Waals surface area (Å²) in [5.74, 6) is 0.506. The number of nitrogens with one attached hydrogen (secondary N) is 1. The monoisotopic (exact) mass is 367 g/mol. The minimum Gasteiger partial charge on any atom is -0.497 e. The first-order chi connectivity index (χ1) is 12.5. The molecule has 0 saturated carbocycles. The number of nitrogens with two attached hydrogens (primary N) is 1. The average molecular weight is 368 g/mol. The lowest BCUT2D eigenvalue weighted by Gasteiger charge is -2.12. The van der Waals surface area contributed by atoms with Crippen molar-refractivity contribution in [1.82, 2.24) is 4.98 Å². The molecule has 0 unspecified atom stereocenters. The third kappa shape index (κ3) is 3.63. The van der Waals surface area contributed by atoms with Gasteiger partial charge in [-0.3, -0.25) is 4.79 Å². The summed E-state index contributed by atoms with van der Waals surface area (Å²) < 4.78 is 5.24. The van der Waals surface area contributed by atoms with E-state index in [9.17, 15) is 4.79 Å². The van der Waals surface area contributed by atoms with Gasteiger partial charge >= 0.3 is 0 Å². The smallest absolute Gasteiger partial charge is 0.259 e. The van der Waals surface area contributed by atoms with E-state index in [0.717, 1.165) is 22.4 Å². The zero-order chi connectivity index (χ0) is 18.7. The topological polar surface area (TPSA) is 77.2 Å². The largest absolute Gasteiger partial charge is 0.497 e. The number of rotatable bonds is 4. The number of aromatic nitrogens is 1. The summed E-state index contributed by atoms with van der Waals surface area (Å²) in [6, 6.07) is 14.6. The maximum absolute atomic E-state index is 12.7. The van der Waals surface area contributed by atoms with E-state index < -0.39 is 0 Å². The van der Waals surface area contributed by atoms with Crippen molar-refractivity contribution in [2.24, 2.45) is 0 Å². The Morgan fingerprint density at radius 3 is 2.65 bits per heavy atom. The number of nitrogens with zero attached hydrogens (tertiary/aromatic N) is 1. The number of methoxy groups -OCH3 is 1. The van der Waals surface area contributed by atoms with Gasteiger partial charge in [-0.25, -0.2) is 4.98 Å². The van der Waals surface area contributed by atoms with Gasteiger partial charge < -0.3 is 15.8 Å². The molecule has 1 heterocycles. The second kappa shape index (κ2) is 7.45. The highest BCUT2D eigenvalue weighted by Gasteiger charge is 2.15. The highest BCUT2D eigenvalue weighted by atomic mass is 35.5. The van der Waals surface area contributed by atoms with E-state index in [1.807, 2.05) is 43.3 Å². The van der Waals surface area contributed by atoms with Crippen molar-refractivity contribution in [1.29, 1.82) is 0 Å². The van der Waals surface area contributed by atoms with Crippen LogP contribution in [0.15, 0.2) is 54.7 Å². The Labute approximate surface area is 156 Å². The molecular weight excluding hydrogens is 350 g/mol. The number of ether oxygens (including phenoxy) is 1. The van der Waals surface area contributed by atoms with Crippen LogP contribution in [0.5, 0.6) is 5.75 Å². The van der Waals surface area contributed by atoms with Gasteiger partial charge in [-0.1, -0.05) is 35.9 Å². The third-order valence-corrected chi connectivity index (χ3v) is 4.34. The van der Waals surface area contributed by atoms with Crippen LogP contribution in [0.2, 0.25) is 5.02 Å². The lowest BCUT2D eigenvalue weighted by molar-refractivity contribution is 0.102. The summed E-state index contributed by atoms with van der Waals surface area (Å²) in [7, 11) is 1.60. The quantitative estimate of drug-likeness (QED) is 0.709. The first-order valence-electron chi connectivity index (χ1n) is 7.96. The van der Waals surface area contributed by atoms with E-state index in [4.69, 9.17) is 22.1 Å². The Morgan fingerprint density at radius 1 is 1.15 bits per heavy atom. The maximum atomic E-state index is 12.7. The van der Waals surface area contributed by atoms with Crippen molar-refractivity contribution in [3.8, 4) is 16.9 Å². The molecule has 3 aromatic rings. The number of halogens is 1. The van der Waals surface area contributed by atoms with E-state index in [2.05, 4.69) is 10.3 Å². The molecule has 0 aliphatic heterocycles. The molecule has 0 bridgehead atoms. The molecule has 0 atom stereocenters. The van der Waals surface area contributed by atoms with Gasteiger partial charge in [0.1, 0.15) is 11.6 Å². The number of pyridine rings is 1. The van der Waals surface area contributed by atoms with Crippen LogP contribution in [0.4, 0.5) is 11.5 Å². The number of hydrogen-bond acceptors (Lipinski definition) is 4. The Morgan fingerprint density at radius 2 is 1.92 bits per heavy atom. The molecule has 1 aromatic heterocycles. The number of benzene rings is 2. The molecule has 132 valence electrons. The Hall–Kier alpha value is -3.05. The second-order valence-electron chi connectivity index (χ2n) is 5.77. The number of amides is 1. The van der Waals surface area contributed by atoms with E-state index in [-0.39, 0.29) is 17.3 Å². The minimum absolute atomic E-state index is 0.152. The summed E-state index contributed by atoms with van der Waals surface area (Å²) in [6.07, 6.45) is 1.63. The lowest BCUT2D eigenvalue weighted by atomic mass is 10.0. The van der Waals surface area contributed by atoms with Gasteiger partial charge in [-0.15, -0.1) is 0 Å². The normalized spacial score (nSPS) is 10.4. The van der Waals surface area contributed by atoms with E-state index in [1.165, 1.54) is 0 Å². The lowest BCUT2D eigenvalue weighted by Crippen LogP contribution is -2.16. The predicted octanol–water partition coefficient (Wildman–Crippen LogP) is 4.55. The number of para-hydroxylation sites is 1. The molecule has 3 N–H and O–H groups in total. The van der Waals surface area contributed by atoms with Crippen LogP contribution in [-0.2, 0) is 0 Å². The zero-order valence-corrected chi connectivity index (χ0v) is 15.2. The predicted molar refractivity (Wildman–Crippen MR) is 105 cm³/mol. The third-order valence-electron chi connectivity index (χ3n) is 4.03. The fourth-order valence-corrected chi connectivity index (χ4v) is 2.86. The molecule has 5 nitrogen and oxygen atoms in total. The van der Waals surface area contributed by atoms with Crippen molar-refractivity contribution in [2.75, 3.05) is 18.2 Å². The van der Waals surface area contributed by atoms with Crippen molar-refractivity contribution in [2.45, 2.75) is 6.92 Å². The van der Waals surface area contributed by atoms with E-state index >= 15 is 0 Å². The zero-order valence-electron chi connectivity index (χ0n) is 14.4. The number of carbonyl (C=O) groups is 1. The molecule has 3 rings (SSSR count). The number of nitrogen functional groups attached to an aromatic ring is 1. The molecule has 26 heavy (non-hydrogen) atoms. The van der Waals surface area contributed by atoms with Crippen molar-refractivity contribution < 1.29 is 9.53 Å². The van der Waals surface area contributed by atoms with Crippen LogP contribution in [0.25, 0.3) is 11.1 Å². The Balaban J connectivity index is 1.96. The van der Waals surface area contributed by atoms with Crippen LogP contribution in [0.1, 0.15) is 15.9 Å². The van der Waals surface area contributed by atoms with Crippen LogP contribution >= 0.6 is 11.6 Å². The summed E-state index contributed by atoms with van der Waals surface area (Å²) in [4.78, 5) is 16.9. The fraction of sp³-hybridized carbons (Fsp3) is 0.100. The molecular formula is C20H18ClN3O2. The van der Waals surface area contributed by atoms with E-state index in [0.29, 0.717) is 10.7 Å². The molecule has 0 fully saturated rings. The molecule has 6 heteroatoms. The highest BCUT2D eigenvalue weighted by molar-refractivity contribution is 6.34. The molecule has 0 radical (unpaired) electrons. The second-order valence-corrected chi connectivity index (χ2v) is 6.18. The number of hydrogen-bond donors (Lipinski definition) is 2.